The van der Waals surface area contributed by atoms with Crippen LogP contribution < -0.4 is 0 Å². The topological polar surface area (TPSA) is 38.1 Å². The molecule has 0 radical (unpaired) electrons. The third-order valence-corrected chi connectivity index (χ3v) is 5.19. The molecule has 1 aromatic heterocycles. The van der Waals surface area contributed by atoms with Crippen molar-refractivity contribution >= 4 is 16.8 Å². The van der Waals surface area contributed by atoms with Gasteiger partial charge in [0.25, 0.3) is 0 Å². The number of hydrogen-bond acceptors (Lipinski definition) is 2. The average Bonchev–Trinajstić information content (AvgIpc) is 3.17. The Labute approximate surface area is 171 Å². The van der Waals surface area contributed by atoms with Gasteiger partial charge in [0.15, 0.2) is 0 Å². The number of amides is 1. The summed E-state index contributed by atoms with van der Waals surface area (Å²) in [5.74, 6) is 0.134. The molecule has 4 heteroatoms. The van der Waals surface area contributed by atoms with E-state index in [9.17, 15) is 4.79 Å². The second-order valence-corrected chi connectivity index (χ2v) is 7.35. The molecule has 3 aromatic carbocycles. The van der Waals surface area contributed by atoms with Crippen molar-refractivity contribution in [3.8, 4) is 0 Å². The number of hydrogen-bond donors (Lipinski definition) is 0. The lowest BCUT2D eigenvalue weighted by molar-refractivity contribution is -0.132. The van der Waals surface area contributed by atoms with Gasteiger partial charge in [0.05, 0.1) is 18.3 Å². The van der Waals surface area contributed by atoms with E-state index in [0.29, 0.717) is 26.1 Å². The van der Waals surface area contributed by atoms with E-state index in [0.717, 1.165) is 22.0 Å². The number of rotatable bonds is 7. The molecule has 1 heterocycles. The third kappa shape index (κ3) is 4.54. The highest BCUT2D eigenvalue weighted by Gasteiger charge is 2.16. The zero-order valence-corrected chi connectivity index (χ0v) is 16.7. The van der Waals surface area contributed by atoms with Gasteiger partial charge in [0.1, 0.15) is 0 Å². The smallest absolute Gasteiger partial charge is 0.225 e. The zero-order valence-electron chi connectivity index (χ0n) is 16.7. The van der Waals surface area contributed by atoms with Crippen molar-refractivity contribution in [3.63, 3.8) is 0 Å². The summed E-state index contributed by atoms with van der Waals surface area (Å²) in [5, 5.41) is 5.62. The van der Waals surface area contributed by atoms with Crippen LogP contribution in [0.4, 0.5) is 0 Å². The fourth-order valence-corrected chi connectivity index (χ4v) is 3.70. The Morgan fingerprint density at radius 1 is 0.862 bits per heavy atom. The van der Waals surface area contributed by atoms with Crippen molar-refractivity contribution in [2.24, 2.45) is 0 Å². The summed E-state index contributed by atoms with van der Waals surface area (Å²) in [6.45, 7) is 3.87. The van der Waals surface area contributed by atoms with Gasteiger partial charge in [-0.15, -0.1) is 0 Å². The van der Waals surface area contributed by atoms with Gasteiger partial charge in [-0.2, -0.15) is 5.10 Å². The van der Waals surface area contributed by atoms with Crippen LogP contribution in [0.25, 0.3) is 10.9 Å². The van der Waals surface area contributed by atoms with Crippen LogP contribution in [0.5, 0.6) is 0 Å². The highest BCUT2D eigenvalue weighted by molar-refractivity contribution is 5.82. The summed E-state index contributed by atoms with van der Waals surface area (Å²) >= 11 is 0. The molecule has 0 spiro atoms. The van der Waals surface area contributed by atoms with Crippen LogP contribution in [0, 0.1) is 6.92 Å². The van der Waals surface area contributed by atoms with E-state index in [-0.39, 0.29) is 5.91 Å². The molecule has 29 heavy (non-hydrogen) atoms. The second kappa shape index (κ2) is 8.74. The minimum Gasteiger partial charge on any atom is -0.334 e. The van der Waals surface area contributed by atoms with Gasteiger partial charge in [0, 0.05) is 24.9 Å². The number of fused-ring (bicyclic) bond motifs is 1. The van der Waals surface area contributed by atoms with Crippen molar-refractivity contribution < 1.29 is 4.79 Å². The second-order valence-electron chi connectivity index (χ2n) is 7.35. The number of aromatic nitrogens is 2. The first kappa shape index (κ1) is 18.9. The van der Waals surface area contributed by atoms with Gasteiger partial charge in [-0.3, -0.25) is 9.48 Å². The summed E-state index contributed by atoms with van der Waals surface area (Å²) in [6.07, 6.45) is 2.29. The van der Waals surface area contributed by atoms with E-state index in [2.05, 4.69) is 48.4 Å². The quantitative estimate of drug-likeness (QED) is 0.452. The molecule has 0 aliphatic rings. The molecule has 4 rings (SSSR count). The number of carbonyl (C=O) groups is 1. The molecule has 0 N–H and O–H groups in total. The Balaban J connectivity index is 1.51. The van der Waals surface area contributed by atoms with Crippen LogP contribution >= 0.6 is 0 Å². The lowest BCUT2D eigenvalue weighted by Gasteiger charge is -2.23. The Bertz CT molecular complexity index is 1050. The lowest BCUT2D eigenvalue weighted by Crippen LogP contribution is -2.30. The largest absolute Gasteiger partial charge is 0.334 e. The van der Waals surface area contributed by atoms with E-state index >= 15 is 0 Å². The van der Waals surface area contributed by atoms with Gasteiger partial charge in [-0.1, -0.05) is 78.9 Å². The Kier molecular flexibility index (Phi) is 5.71. The highest BCUT2D eigenvalue weighted by Crippen LogP contribution is 2.19. The van der Waals surface area contributed by atoms with Crippen LogP contribution in [-0.2, 0) is 24.4 Å². The van der Waals surface area contributed by atoms with Gasteiger partial charge in [0.2, 0.25) is 5.91 Å². The van der Waals surface area contributed by atoms with Gasteiger partial charge in [-0.05, 0) is 23.6 Å². The van der Waals surface area contributed by atoms with Crippen LogP contribution in [0.3, 0.4) is 0 Å². The average molecular weight is 383 g/mol. The normalized spacial score (nSPS) is 10.9. The summed E-state index contributed by atoms with van der Waals surface area (Å²) in [4.78, 5) is 15.1. The monoisotopic (exact) mass is 383 g/mol. The number of aryl methyl sites for hydroxylation is 2. The fourth-order valence-electron chi connectivity index (χ4n) is 3.70. The van der Waals surface area contributed by atoms with E-state index in [1.165, 1.54) is 5.56 Å². The Morgan fingerprint density at radius 2 is 1.48 bits per heavy atom. The first-order valence-electron chi connectivity index (χ1n) is 9.97. The maximum atomic E-state index is 13.2. The van der Waals surface area contributed by atoms with Crippen molar-refractivity contribution in [2.45, 2.75) is 33.0 Å². The molecule has 4 nitrogen and oxygen atoms in total. The molecule has 4 aromatic rings. The fraction of sp³-hybridized carbons (Fsp3) is 0.200. The molecular weight excluding hydrogens is 358 g/mol. The SMILES string of the molecule is Cc1cccc2cnn(CCC(=O)N(Cc3ccccc3)Cc3ccccc3)c12. The third-order valence-electron chi connectivity index (χ3n) is 5.19. The Hall–Kier alpha value is -3.40. The molecule has 0 saturated carbocycles. The van der Waals surface area contributed by atoms with Crippen LogP contribution in [0.15, 0.2) is 85.1 Å². The first-order chi connectivity index (χ1) is 14.2. The van der Waals surface area contributed by atoms with Crippen LogP contribution in [0.2, 0.25) is 0 Å². The van der Waals surface area contributed by atoms with E-state index in [1.807, 2.05) is 58.2 Å². The van der Waals surface area contributed by atoms with Crippen molar-refractivity contribution in [3.05, 3.63) is 102 Å². The van der Waals surface area contributed by atoms with E-state index < -0.39 is 0 Å². The summed E-state index contributed by atoms with van der Waals surface area (Å²) < 4.78 is 1.95. The molecule has 0 fully saturated rings. The molecule has 0 unspecified atom stereocenters. The number of nitrogens with zero attached hydrogens (tertiary/aromatic N) is 3. The maximum Gasteiger partial charge on any atom is 0.225 e. The van der Waals surface area contributed by atoms with Gasteiger partial charge in [-0.25, -0.2) is 0 Å². The molecule has 0 aliphatic heterocycles. The van der Waals surface area contributed by atoms with Crippen molar-refractivity contribution in [2.75, 3.05) is 0 Å². The zero-order chi connectivity index (χ0) is 20.1. The van der Waals surface area contributed by atoms with Gasteiger partial charge >= 0.3 is 0 Å². The van der Waals surface area contributed by atoms with Crippen LogP contribution in [0.1, 0.15) is 23.1 Å². The standard InChI is InChI=1S/C25H25N3O/c1-20-9-8-14-23-17-26-28(25(20)23)16-15-24(29)27(18-21-10-4-2-5-11-21)19-22-12-6-3-7-13-22/h2-14,17H,15-16,18-19H2,1H3. The van der Waals surface area contributed by atoms with Gasteiger partial charge < -0.3 is 4.90 Å². The summed E-state index contributed by atoms with van der Waals surface area (Å²) in [7, 11) is 0. The number of para-hydroxylation sites is 1. The summed E-state index contributed by atoms with van der Waals surface area (Å²) in [6, 6.07) is 26.5. The minimum atomic E-state index is 0.134. The summed E-state index contributed by atoms with van der Waals surface area (Å²) in [5.41, 5.74) is 4.56. The molecule has 0 bridgehead atoms. The lowest BCUT2D eigenvalue weighted by atomic mass is 10.1. The molecular formula is C25H25N3O. The van der Waals surface area contributed by atoms with Crippen LogP contribution in [-0.4, -0.2) is 20.6 Å². The molecule has 0 saturated heterocycles. The minimum absolute atomic E-state index is 0.134. The Morgan fingerprint density at radius 3 is 2.10 bits per heavy atom. The predicted molar refractivity (Wildman–Crippen MR) is 116 cm³/mol. The maximum absolute atomic E-state index is 13.2. The number of benzene rings is 3. The van der Waals surface area contributed by atoms with E-state index in [4.69, 9.17) is 0 Å². The van der Waals surface area contributed by atoms with Crippen molar-refractivity contribution in [1.82, 2.24) is 14.7 Å². The van der Waals surface area contributed by atoms with Crippen molar-refractivity contribution in [1.29, 1.82) is 0 Å². The highest BCUT2D eigenvalue weighted by atomic mass is 16.2. The first-order valence-corrected chi connectivity index (χ1v) is 9.97. The molecule has 1 amide bonds. The molecule has 146 valence electrons. The van der Waals surface area contributed by atoms with E-state index in [1.54, 1.807) is 0 Å². The molecule has 0 atom stereocenters. The predicted octanol–water partition coefficient (Wildman–Crippen LogP) is 4.96. The number of carbonyl (C=O) groups excluding carboxylic acids is 1. The molecule has 0 aliphatic carbocycles.